The smallest absolute Gasteiger partial charge is 0.124 e. The summed E-state index contributed by atoms with van der Waals surface area (Å²) in [5, 5.41) is 4.18. The second-order valence-electron chi connectivity index (χ2n) is 6.05. The highest BCUT2D eigenvalue weighted by atomic mass is 35.5. The molecule has 2 aromatic rings. The Hall–Kier alpha value is -1.51. The molecule has 2 nitrogen and oxygen atoms in total. The van der Waals surface area contributed by atoms with Crippen LogP contribution in [0.5, 0.6) is 5.75 Å². The molecule has 0 saturated heterocycles. The van der Waals surface area contributed by atoms with Crippen LogP contribution in [0.2, 0.25) is 5.02 Å². The summed E-state index contributed by atoms with van der Waals surface area (Å²) < 4.78 is 5.98. The van der Waals surface area contributed by atoms with Gasteiger partial charge in [0.2, 0.25) is 0 Å². The van der Waals surface area contributed by atoms with E-state index in [0.717, 1.165) is 29.4 Å². The predicted molar refractivity (Wildman–Crippen MR) is 93.5 cm³/mol. The zero-order valence-corrected chi connectivity index (χ0v) is 14.3. The normalized spacial score (nSPS) is 11.0. The van der Waals surface area contributed by atoms with E-state index in [9.17, 15) is 0 Å². The van der Waals surface area contributed by atoms with Gasteiger partial charge in [0, 0.05) is 17.1 Å². The average molecular weight is 318 g/mol. The minimum atomic E-state index is 0.569. The van der Waals surface area contributed by atoms with Gasteiger partial charge in [-0.2, -0.15) is 0 Å². The maximum atomic E-state index is 6.11. The lowest BCUT2D eigenvalue weighted by Crippen LogP contribution is -2.19. The average Bonchev–Trinajstić information content (AvgIpc) is 2.48. The van der Waals surface area contributed by atoms with Crippen molar-refractivity contribution in [3.05, 3.63) is 64.2 Å². The summed E-state index contributed by atoms with van der Waals surface area (Å²) in [5.74, 6) is 1.51. The first-order chi connectivity index (χ1) is 10.5. The van der Waals surface area contributed by atoms with E-state index in [2.05, 4.69) is 50.4 Å². The molecule has 0 unspecified atom stereocenters. The fraction of sp³-hybridized carbons (Fsp3) is 0.368. The Balaban J connectivity index is 2.01. The monoisotopic (exact) mass is 317 g/mol. The summed E-state index contributed by atoms with van der Waals surface area (Å²) in [6.07, 6.45) is 0. The third kappa shape index (κ3) is 5.36. The molecule has 118 valence electrons. The van der Waals surface area contributed by atoms with Gasteiger partial charge in [-0.25, -0.2) is 0 Å². The van der Waals surface area contributed by atoms with Gasteiger partial charge in [-0.15, -0.1) is 0 Å². The van der Waals surface area contributed by atoms with Crippen LogP contribution in [0.3, 0.4) is 0 Å². The van der Waals surface area contributed by atoms with Crippen LogP contribution in [0.15, 0.2) is 42.5 Å². The van der Waals surface area contributed by atoms with Crippen LogP contribution < -0.4 is 10.1 Å². The fourth-order valence-electron chi connectivity index (χ4n) is 2.17. The van der Waals surface area contributed by atoms with Gasteiger partial charge in [0.1, 0.15) is 12.4 Å². The molecule has 1 N–H and O–H groups in total. The quantitative estimate of drug-likeness (QED) is 0.778. The third-order valence-electron chi connectivity index (χ3n) is 3.41. The lowest BCUT2D eigenvalue weighted by molar-refractivity contribution is 0.302. The Morgan fingerprint density at radius 2 is 1.82 bits per heavy atom. The molecule has 0 aliphatic rings. The number of hydrogen-bond donors (Lipinski definition) is 1. The van der Waals surface area contributed by atoms with Crippen LogP contribution in [0.1, 0.15) is 30.5 Å². The number of benzene rings is 2. The van der Waals surface area contributed by atoms with E-state index in [1.165, 1.54) is 11.1 Å². The SMILES string of the molecule is Cc1ccc(COc2ccc(Cl)cc2CNCC(C)C)cc1. The molecule has 3 heteroatoms. The van der Waals surface area contributed by atoms with Gasteiger partial charge < -0.3 is 10.1 Å². The maximum Gasteiger partial charge on any atom is 0.124 e. The lowest BCUT2D eigenvalue weighted by atomic mass is 10.1. The molecule has 0 aliphatic carbocycles. The van der Waals surface area contributed by atoms with Crippen molar-refractivity contribution in [2.24, 2.45) is 5.92 Å². The van der Waals surface area contributed by atoms with Crippen molar-refractivity contribution in [1.29, 1.82) is 0 Å². The molecule has 22 heavy (non-hydrogen) atoms. The molecule has 2 aromatic carbocycles. The molecule has 0 heterocycles. The van der Waals surface area contributed by atoms with Crippen LogP contribution in [-0.4, -0.2) is 6.54 Å². The van der Waals surface area contributed by atoms with E-state index >= 15 is 0 Å². The van der Waals surface area contributed by atoms with Crippen molar-refractivity contribution in [2.75, 3.05) is 6.54 Å². The number of nitrogens with one attached hydrogen (secondary N) is 1. The molecule has 0 amide bonds. The van der Waals surface area contributed by atoms with Gasteiger partial charge >= 0.3 is 0 Å². The number of halogens is 1. The molecular weight excluding hydrogens is 294 g/mol. The van der Waals surface area contributed by atoms with E-state index in [1.807, 2.05) is 18.2 Å². The van der Waals surface area contributed by atoms with Gasteiger partial charge in [0.15, 0.2) is 0 Å². The molecular formula is C19H24ClNO. The van der Waals surface area contributed by atoms with Crippen LogP contribution in [0, 0.1) is 12.8 Å². The van der Waals surface area contributed by atoms with Gasteiger partial charge in [0.25, 0.3) is 0 Å². The van der Waals surface area contributed by atoms with E-state index in [-0.39, 0.29) is 0 Å². The Bertz CT molecular complexity index is 593. The summed E-state index contributed by atoms with van der Waals surface area (Å²) in [6, 6.07) is 14.2. The second-order valence-corrected chi connectivity index (χ2v) is 6.49. The van der Waals surface area contributed by atoms with Gasteiger partial charge in [0.05, 0.1) is 0 Å². The highest BCUT2D eigenvalue weighted by molar-refractivity contribution is 6.30. The van der Waals surface area contributed by atoms with Crippen LogP contribution in [0.4, 0.5) is 0 Å². The molecule has 0 spiro atoms. The summed E-state index contributed by atoms with van der Waals surface area (Å²) in [5.41, 5.74) is 3.52. The van der Waals surface area contributed by atoms with E-state index in [4.69, 9.17) is 16.3 Å². The number of ether oxygens (including phenoxy) is 1. The first-order valence-electron chi connectivity index (χ1n) is 7.72. The summed E-state index contributed by atoms with van der Waals surface area (Å²) in [7, 11) is 0. The van der Waals surface area contributed by atoms with Crippen LogP contribution in [-0.2, 0) is 13.2 Å². The molecule has 2 rings (SSSR count). The molecule has 0 radical (unpaired) electrons. The maximum absolute atomic E-state index is 6.11. The third-order valence-corrected chi connectivity index (χ3v) is 3.64. The highest BCUT2D eigenvalue weighted by Gasteiger charge is 2.06. The zero-order chi connectivity index (χ0) is 15.9. The van der Waals surface area contributed by atoms with Crippen LogP contribution >= 0.6 is 11.6 Å². The van der Waals surface area contributed by atoms with Gasteiger partial charge in [-0.05, 0) is 43.1 Å². The summed E-state index contributed by atoms with van der Waals surface area (Å²) >= 11 is 6.11. The fourth-order valence-corrected chi connectivity index (χ4v) is 2.36. The van der Waals surface area contributed by atoms with Crippen molar-refractivity contribution < 1.29 is 4.74 Å². The van der Waals surface area contributed by atoms with Gasteiger partial charge in [-0.3, -0.25) is 0 Å². The van der Waals surface area contributed by atoms with Crippen molar-refractivity contribution in [3.8, 4) is 5.75 Å². The Kier molecular flexibility index (Phi) is 6.29. The molecule has 0 fully saturated rings. The molecule has 0 saturated carbocycles. The topological polar surface area (TPSA) is 21.3 Å². The molecule has 0 atom stereocenters. The van der Waals surface area contributed by atoms with E-state index < -0.39 is 0 Å². The van der Waals surface area contributed by atoms with E-state index in [0.29, 0.717) is 12.5 Å². The summed E-state index contributed by atoms with van der Waals surface area (Å²) in [4.78, 5) is 0. The van der Waals surface area contributed by atoms with Crippen molar-refractivity contribution >= 4 is 11.6 Å². The zero-order valence-electron chi connectivity index (χ0n) is 13.5. The minimum absolute atomic E-state index is 0.569. The molecule has 0 aliphatic heterocycles. The van der Waals surface area contributed by atoms with Crippen molar-refractivity contribution in [1.82, 2.24) is 5.32 Å². The van der Waals surface area contributed by atoms with E-state index in [1.54, 1.807) is 0 Å². The van der Waals surface area contributed by atoms with Crippen LogP contribution in [0.25, 0.3) is 0 Å². The minimum Gasteiger partial charge on any atom is -0.489 e. The first kappa shape index (κ1) is 16.9. The molecule has 0 bridgehead atoms. The Morgan fingerprint density at radius 1 is 1.09 bits per heavy atom. The standard InChI is InChI=1S/C19H24ClNO/c1-14(2)11-21-12-17-10-18(20)8-9-19(17)22-13-16-6-4-15(3)5-7-16/h4-10,14,21H,11-13H2,1-3H3. The second kappa shape index (κ2) is 8.21. The first-order valence-corrected chi connectivity index (χ1v) is 8.10. The largest absolute Gasteiger partial charge is 0.489 e. The number of hydrogen-bond acceptors (Lipinski definition) is 2. The van der Waals surface area contributed by atoms with Gasteiger partial charge in [-0.1, -0.05) is 55.3 Å². The lowest BCUT2D eigenvalue weighted by Gasteiger charge is -2.14. The number of aryl methyl sites for hydroxylation is 1. The van der Waals surface area contributed by atoms with Crippen molar-refractivity contribution in [3.63, 3.8) is 0 Å². The predicted octanol–water partition coefficient (Wildman–Crippen LogP) is 4.97. The Labute approximate surface area is 138 Å². The number of rotatable bonds is 7. The Morgan fingerprint density at radius 3 is 2.50 bits per heavy atom. The highest BCUT2D eigenvalue weighted by Crippen LogP contribution is 2.24. The summed E-state index contributed by atoms with van der Waals surface area (Å²) in [6.45, 7) is 8.78. The molecule has 0 aromatic heterocycles. The van der Waals surface area contributed by atoms with Crippen molar-refractivity contribution in [2.45, 2.75) is 33.9 Å².